The Morgan fingerprint density at radius 2 is 1.78 bits per heavy atom. The number of nitrogens with two attached hydrogens (primary N) is 1. The highest BCUT2D eigenvalue weighted by molar-refractivity contribution is 7.84. The summed E-state index contributed by atoms with van der Waals surface area (Å²) in [5, 5.41) is 0. The Morgan fingerprint density at radius 3 is 2.50 bits per heavy atom. The second kappa shape index (κ2) is 5.69. The maximum atomic E-state index is 12.3. The number of rotatable bonds is 4. The lowest BCUT2D eigenvalue weighted by atomic mass is 10.2. The number of ether oxygens (including phenoxy) is 1. The summed E-state index contributed by atoms with van der Waals surface area (Å²) in [7, 11) is 0.447. The molecule has 3 nitrogen and oxygen atoms in total. The fourth-order valence-corrected chi connectivity index (χ4v) is 2.97. The average Bonchev–Trinajstić information content (AvgIpc) is 2.39. The summed E-state index contributed by atoms with van der Waals surface area (Å²) in [4.78, 5) is 0.670. The molecule has 0 fully saturated rings. The molecule has 0 spiro atoms. The SMILES string of the molecule is COc1ccccc1CS(=O)c1ccccc1N. The van der Waals surface area contributed by atoms with E-state index in [1.807, 2.05) is 36.4 Å². The third-order valence-corrected chi connectivity index (χ3v) is 4.08. The Labute approximate surface area is 109 Å². The van der Waals surface area contributed by atoms with Crippen molar-refractivity contribution in [2.75, 3.05) is 12.8 Å². The molecule has 1 atom stereocenters. The molecule has 2 N–H and O–H groups in total. The summed E-state index contributed by atoms with van der Waals surface area (Å²) in [6.45, 7) is 0. The fraction of sp³-hybridized carbons (Fsp3) is 0.143. The van der Waals surface area contributed by atoms with Crippen molar-refractivity contribution >= 4 is 16.5 Å². The lowest BCUT2D eigenvalue weighted by Gasteiger charge is -2.09. The molecular formula is C14H15NO2S. The highest BCUT2D eigenvalue weighted by atomic mass is 32.2. The number of benzene rings is 2. The Hall–Kier alpha value is -1.81. The van der Waals surface area contributed by atoms with Gasteiger partial charge in [0.15, 0.2) is 0 Å². The first-order valence-corrected chi connectivity index (χ1v) is 6.89. The van der Waals surface area contributed by atoms with Crippen molar-refractivity contribution in [3.63, 3.8) is 0 Å². The highest BCUT2D eigenvalue weighted by Crippen LogP contribution is 2.23. The normalized spacial score (nSPS) is 12.1. The molecule has 4 heteroatoms. The van der Waals surface area contributed by atoms with Gasteiger partial charge in [0.25, 0.3) is 0 Å². The van der Waals surface area contributed by atoms with Crippen LogP contribution in [0.2, 0.25) is 0 Å². The van der Waals surface area contributed by atoms with Gasteiger partial charge in [-0.15, -0.1) is 0 Å². The van der Waals surface area contributed by atoms with Crippen LogP contribution in [0.25, 0.3) is 0 Å². The van der Waals surface area contributed by atoms with Crippen LogP contribution in [0.3, 0.4) is 0 Å². The molecule has 0 saturated heterocycles. The molecule has 0 bridgehead atoms. The van der Waals surface area contributed by atoms with Crippen molar-refractivity contribution in [2.24, 2.45) is 0 Å². The van der Waals surface area contributed by atoms with E-state index < -0.39 is 10.8 Å². The van der Waals surface area contributed by atoms with Gasteiger partial charge in [-0.1, -0.05) is 30.3 Å². The molecule has 18 heavy (non-hydrogen) atoms. The van der Waals surface area contributed by atoms with E-state index in [1.165, 1.54) is 0 Å². The van der Waals surface area contributed by atoms with Crippen LogP contribution in [-0.2, 0) is 16.6 Å². The summed E-state index contributed by atoms with van der Waals surface area (Å²) in [5.74, 6) is 1.15. The lowest BCUT2D eigenvalue weighted by molar-refractivity contribution is 0.411. The summed E-state index contributed by atoms with van der Waals surface area (Å²) in [6, 6.07) is 14.8. The third kappa shape index (κ3) is 2.71. The van der Waals surface area contributed by atoms with E-state index in [2.05, 4.69) is 0 Å². The number of para-hydroxylation sites is 2. The zero-order valence-corrected chi connectivity index (χ0v) is 10.9. The number of hydrogen-bond acceptors (Lipinski definition) is 3. The molecule has 0 aliphatic heterocycles. The largest absolute Gasteiger partial charge is 0.496 e. The van der Waals surface area contributed by atoms with Gasteiger partial charge in [-0.25, -0.2) is 0 Å². The van der Waals surface area contributed by atoms with Crippen LogP contribution in [0.4, 0.5) is 5.69 Å². The van der Waals surface area contributed by atoms with Gasteiger partial charge in [-0.3, -0.25) is 4.21 Å². The van der Waals surface area contributed by atoms with Crippen LogP contribution >= 0.6 is 0 Å². The molecule has 0 heterocycles. The standard InChI is InChI=1S/C14H15NO2S/c1-17-13-8-4-2-6-11(13)10-18(16)14-9-5-3-7-12(14)15/h2-9H,10,15H2,1H3. The molecular weight excluding hydrogens is 246 g/mol. The second-order valence-corrected chi connectivity index (χ2v) is 5.26. The fourth-order valence-electron chi connectivity index (χ4n) is 1.73. The molecule has 0 radical (unpaired) electrons. The smallest absolute Gasteiger partial charge is 0.122 e. The van der Waals surface area contributed by atoms with E-state index >= 15 is 0 Å². The minimum Gasteiger partial charge on any atom is -0.496 e. The molecule has 2 aromatic rings. The van der Waals surface area contributed by atoms with Crippen LogP contribution in [0.5, 0.6) is 5.75 Å². The van der Waals surface area contributed by atoms with Gasteiger partial charge in [0.05, 0.1) is 28.6 Å². The average molecular weight is 261 g/mol. The van der Waals surface area contributed by atoms with E-state index in [0.29, 0.717) is 16.3 Å². The van der Waals surface area contributed by atoms with Gasteiger partial charge in [0.1, 0.15) is 5.75 Å². The van der Waals surface area contributed by atoms with Crippen LogP contribution in [0.1, 0.15) is 5.56 Å². The van der Waals surface area contributed by atoms with E-state index in [0.717, 1.165) is 11.3 Å². The molecule has 0 saturated carbocycles. The minimum absolute atomic E-state index is 0.401. The van der Waals surface area contributed by atoms with E-state index in [9.17, 15) is 4.21 Å². The number of anilines is 1. The van der Waals surface area contributed by atoms with Crippen molar-refractivity contribution < 1.29 is 8.95 Å². The first-order chi connectivity index (χ1) is 8.72. The van der Waals surface area contributed by atoms with Crippen LogP contribution in [-0.4, -0.2) is 11.3 Å². The minimum atomic E-state index is -1.16. The molecule has 0 amide bonds. The zero-order valence-electron chi connectivity index (χ0n) is 10.1. The van der Waals surface area contributed by atoms with E-state index in [4.69, 9.17) is 10.5 Å². The molecule has 0 aliphatic carbocycles. The first-order valence-electron chi connectivity index (χ1n) is 5.57. The number of nitrogen functional groups attached to an aromatic ring is 1. The monoisotopic (exact) mass is 261 g/mol. The molecule has 0 aliphatic rings. The van der Waals surface area contributed by atoms with Gasteiger partial charge in [-0.05, 0) is 18.2 Å². The van der Waals surface area contributed by atoms with Crippen molar-refractivity contribution in [1.82, 2.24) is 0 Å². The highest BCUT2D eigenvalue weighted by Gasteiger charge is 2.11. The van der Waals surface area contributed by atoms with Crippen LogP contribution in [0, 0.1) is 0 Å². The first kappa shape index (κ1) is 12.6. The number of methoxy groups -OCH3 is 1. The molecule has 0 aromatic heterocycles. The van der Waals surface area contributed by atoms with Gasteiger partial charge in [0, 0.05) is 11.3 Å². The summed E-state index contributed by atoms with van der Waals surface area (Å²) < 4.78 is 17.5. The quantitative estimate of drug-likeness (QED) is 0.861. The predicted molar refractivity (Wildman–Crippen MR) is 74.0 cm³/mol. The maximum Gasteiger partial charge on any atom is 0.122 e. The van der Waals surface area contributed by atoms with Crippen molar-refractivity contribution in [3.8, 4) is 5.75 Å². The molecule has 2 rings (SSSR count). The topological polar surface area (TPSA) is 52.3 Å². The molecule has 2 aromatic carbocycles. The van der Waals surface area contributed by atoms with Crippen LogP contribution < -0.4 is 10.5 Å². The van der Waals surface area contributed by atoms with Crippen LogP contribution in [0.15, 0.2) is 53.4 Å². The lowest BCUT2D eigenvalue weighted by Crippen LogP contribution is -2.02. The third-order valence-electron chi connectivity index (χ3n) is 2.64. The summed E-state index contributed by atoms with van der Waals surface area (Å²) in [6.07, 6.45) is 0. The van der Waals surface area contributed by atoms with Gasteiger partial charge in [-0.2, -0.15) is 0 Å². The van der Waals surface area contributed by atoms with Gasteiger partial charge >= 0.3 is 0 Å². The zero-order chi connectivity index (χ0) is 13.0. The van der Waals surface area contributed by atoms with Crippen molar-refractivity contribution in [2.45, 2.75) is 10.6 Å². The maximum absolute atomic E-state index is 12.3. The summed E-state index contributed by atoms with van der Waals surface area (Å²) >= 11 is 0. The Kier molecular flexibility index (Phi) is 3.99. The van der Waals surface area contributed by atoms with E-state index in [-0.39, 0.29) is 0 Å². The number of hydrogen-bond donors (Lipinski definition) is 1. The van der Waals surface area contributed by atoms with E-state index in [1.54, 1.807) is 19.2 Å². The Balaban J connectivity index is 2.24. The predicted octanol–water partition coefficient (Wildman–Crippen LogP) is 2.59. The van der Waals surface area contributed by atoms with Crippen molar-refractivity contribution in [1.29, 1.82) is 0 Å². The summed E-state index contributed by atoms with van der Waals surface area (Å²) in [5.41, 5.74) is 7.30. The molecule has 1 unspecified atom stereocenters. The Bertz CT molecular complexity index is 569. The second-order valence-electron chi connectivity index (χ2n) is 3.84. The Morgan fingerprint density at radius 1 is 1.11 bits per heavy atom. The van der Waals surface area contributed by atoms with Gasteiger partial charge in [0.2, 0.25) is 0 Å². The molecule has 94 valence electrons. The van der Waals surface area contributed by atoms with Crippen molar-refractivity contribution in [3.05, 3.63) is 54.1 Å². The van der Waals surface area contributed by atoms with Gasteiger partial charge < -0.3 is 10.5 Å².